The van der Waals surface area contributed by atoms with Crippen molar-refractivity contribution in [3.8, 4) is 5.75 Å². The second kappa shape index (κ2) is 8.78. The normalized spacial score (nSPS) is 17.2. The second-order valence-corrected chi connectivity index (χ2v) is 9.61. The van der Waals surface area contributed by atoms with Gasteiger partial charge in [-0.15, -0.1) is 0 Å². The Kier molecular flexibility index (Phi) is 5.76. The highest BCUT2D eigenvalue weighted by molar-refractivity contribution is 9.10. The standard InChI is InChI=1S/C27H21BrN2O5/c1-15-5-3-4-6-22(15)29-14-17(12-24(29)31)27(34)35-19-8-10-23(16(2)11-19)30-25(32)20-9-7-18(28)13-21(20)26(30)33/h3-11,13,17H,12,14H2,1-2H3/t17-/m0/s1. The Labute approximate surface area is 210 Å². The van der Waals surface area contributed by atoms with Crippen LogP contribution in [0.15, 0.2) is 65.1 Å². The van der Waals surface area contributed by atoms with Crippen LogP contribution in [0.3, 0.4) is 0 Å². The molecular weight excluding hydrogens is 512 g/mol. The highest BCUT2D eigenvalue weighted by Crippen LogP contribution is 2.34. The zero-order chi connectivity index (χ0) is 24.9. The largest absolute Gasteiger partial charge is 0.426 e. The zero-order valence-corrected chi connectivity index (χ0v) is 20.7. The summed E-state index contributed by atoms with van der Waals surface area (Å²) < 4.78 is 6.29. The fourth-order valence-corrected chi connectivity index (χ4v) is 4.90. The van der Waals surface area contributed by atoms with Gasteiger partial charge in [-0.3, -0.25) is 19.2 Å². The van der Waals surface area contributed by atoms with E-state index >= 15 is 0 Å². The number of anilines is 2. The van der Waals surface area contributed by atoms with Gasteiger partial charge in [0, 0.05) is 23.1 Å². The fourth-order valence-electron chi connectivity index (χ4n) is 4.54. The molecule has 0 spiro atoms. The van der Waals surface area contributed by atoms with E-state index in [-0.39, 0.29) is 24.6 Å². The monoisotopic (exact) mass is 532 g/mol. The van der Waals surface area contributed by atoms with Crippen molar-refractivity contribution in [2.45, 2.75) is 20.3 Å². The number of carbonyl (C=O) groups is 4. The van der Waals surface area contributed by atoms with Crippen molar-refractivity contribution in [2.75, 3.05) is 16.3 Å². The van der Waals surface area contributed by atoms with E-state index in [1.807, 2.05) is 31.2 Å². The van der Waals surface area contributed by atoms with Gasteiger partial charge in [0.05, 0.1) is 22.7 Å². The van der Waals surface area contributed by atoms with Gasteiger partial charge in [-0.1, -0.05) is 34.1 Å². The zero-order valence-electron chi connectivity index (χ0n) is 19.1. The van der Waals surface area contributed by atoms with E-state index in [4.69, 9.17) is 4.74 Å². The van der Waals surface area contributed by atoms with Gasteiger partial charge in [-0.2, -0.15) is 0 Å². The number of carbonyl (C=O) groups excluding carboxylic acids is 4. The van der Waals surface area contributed by atoms with Crippen LogP contribution in [-0.2, 0) is 9.59 Å². The second-order valence-electron chi connectivity index (χ2n) is 8.70. The van der Waals surface area contributed by atoms with E-state index in [0.29, 0.717) is 26.9 Å². The molecule has 1 fully saturated rings. The molecule has 3 aromatic carbocycles. The maximum Gasteiger partial charge on any atom is 0.316 e. The molecule has 0 radical (unpaired) electrons. The summed E-state index contributed by atoms with van der Waals surface area (Å²) in [5.74, 6) is -1.71. The SMILES string of the molecule is Cc1ccccc1N1C[C@@H](C(=O)Oc2ccc(N3C(=O)c4ccc(Br)cc4C3=O)c(C)c2)CC1=O. The molecule has 0 saturated carbocycles. The molecule has 8 heteroatoms. The van der Waals surface area contributed by atoms with Crippen molar-refractivity contribution < 1.29 is 23.9 Å². The molecule has 7 nitrogen and oxygen atoms in total. The smallest absolute Gasteiger partial charge is 0.316 e. The summed E-state index contributed by atoms with van der Waals surface area (Å²) in [5, 5.41) is 0. The summed E-state index contributed by atoms with van der Waals surface area (Å²) in [5.41, 5.74) is 3.46. The molecule has 1 atom stereocenters. The molecule has 1 saturated heterocycles. The molecule has 2 heterocycles. The predicted molar refractivity (Wildman–Crippen MR) is 134 cm³/mol. The van der Waals surface area contributed by atoms with Crippen LogP contribution in [0, 0.1) is 19.8 Å². The molecule has 3 aromatic rings. The van der Waals surface area contributed by atoms with Crippen molar-refractivity contribution >= 4 is 51.0 Å². The molecule has 0 unspecified atom stereocenters. The van der Waals surface area contributed by atoms with Gasteiger partial charge in [0.15, 0.2) is 0 Å². The van der Waals surface area contributed by atoms with Gasteiger partial charge in [-0.25, -0.2) is 4.90 Å². The number of benzene rings is 3. The number of rotatable bonds is 4. The molecule has 5 rings (SSSR count). The molecular formula is C27H21BrN2O5. The van der Waals surface area contributed by atoms with Crippen LogP contribution >= 0.6 is 15.9 Å². The minimum absolute atomic E-state index is 0.0782. The van der Waals surface area contributed by atoms with E-state index in [2.05, 4.69) is 15.9 Å². The van der Waals surface area contributed by atoms with E-state index in [9.17, 15) is 19.2 Å². The molecule has 0 bridgehead atoms. The quantitative estimate of drug-likeness (QED) is 0.273. The predicted octanol–water partition coefficient (Wildman–Crippen LogP) is 4.83. The molecule has 2 aliphatic heterocycles. The lowest BCUT2D eigenvalue weighted by Crippen LogP contribution is -2.30. The topological polar surface area (TPSA) is 84.0 Å². The van der Waals surface area contributed by atoms with Gasteiger partial charge in [0.25, 0.3) is 11.8 Å². The number of ether oxygens (including phenoxy) is 1. The van der Waals surface area contributed by atoms with Gasteiger partial charge >= 0.3 is 5.97 Å². The fraction of sp³-hybridized carbons (Fsp3) is 0.185. The highest BCUT2D eigenvalue weighted by Gasteiger charge is 2.38. The van der Waals surface area contributed by atoms with Crippen LogP contribution in [0.5, 0.6) is 5.75 Å². The molecule has 0 aliphatic carbocycles. The third-order valence-corrected chi connectivity index (χ3v) is 6.83. The Morgan fingerprint density at radius 3 is 2.37 bits per heavy atom. The molecule has 0 N–H and O–H groups in total. The van der Waals surface area contributed by atoms with E-state index in [0.717, 1.165) is 16.2 Å². The first kappa shape index (κ1) is 23.0. The Bertz CT molecular complexity index is 1420. The Balaban J connectivity index is 1.31. The van der Waals surface area contributed by atoms with Crippen molar-refractivity contribution in [3.05, 3.63) is 87.4 Å². The summed E-state index contributed by atoms with van der Waals surface area (Å²) in [6, 6.07) is 17.3. The Morgan fingerprint density at radius 2 is 1.63 bits per heavy atom. The number of fused-ring (bicyclic) bond motifs is 1. The molecule has 176 valence electrons. The van der Waals surface area contributed by atoms with E-state index in [1.165, 1.54) is 0 Å². The lowest BCUT2D eigenvalue weighted by Gasteiger charge is -2.19. The number of aryl methyl sites for hydroxylation is 2. The summed E-state index contributed by atoms with van der Waals surface area (Å²) in [6.07, 6.45) is 0.0782. The lowest BCUT2D eigenvalue weighted by atomic mass is 10.1. The van der Waals surface area contributed by atoms with Crippen LogP contribution < -0.4 is 14.5 Å². The number of hydrogen-bond acceptors (Lipinski definition) is 5. The number of hydrogen-bond donors (Lipinski definition) is 0. The highest BCUT2D eigenvalue weighted by atomic mass is 79.9. The van der Waals surface area contributed by atoms with Gasteiger partial charge in [-0.05, 0) is 67.4 Å². The average molecular weight is 533 g/mol. The third kappa shape index (κ3) is 4.04. The number of imide groups is 1. The van der Waals surface area contributed by atoms with Gasteiger partial charge < -0.3 is 9.64 Å². The van der Waals surface area contributed by atoms with Crippen molar-refractivity contribution in [1.82, 2.24) is 0 Å². The van der Waals surface area contributed by atoms with Crippen molar-refractivity contribution in [2.24, 2.45) is 5.92 Å². The maximum absolute atomic E-state index is 12.9. The number of esters is 1. The number of halogens is 1. The third-order valence-electron chi connectivity index (χ3n) is 6.34. The average Bonchev–Trinajstić information content (AvgIpc) is 3.32. The first-order valence-electron chi connectivity index (χ1n) is 11.1. The molecule has 2 aliphatic rings. The molecule has 3 amide bonds. The minimum atomic E-state index is -0.586. The summed E-state index contributed by atoms with van der Waals surface area (Å²) in [7, 11) is 0. The summed E-state index contributed by atoms with van der Waals surface area (Å²) in [6.45, 7) is 3.92. The maximum atomic E-state index is 12.9. The minimum Gasteiger partial charge on any atom is -0.426 e. The van der Waals surface area contributed by atoms with E-state index in [1.54, 1.807) is 48.2 Å². The van der Waals surface area contributed by atoms with Crippen LogP contribution in [0.1, 0.15) is 38.3 Å². The van der Waals surface area contributed by atoms with Crippen LogP contribution in [0.25, 0.3) is 0 Å². The summed E-state index contributed by atoms with van der Waals surface area (Å²) in [4.78, 5) is 53.9. The molecule has 35 heavy (non-hydrogen) atoms. The van der Waals surface area contributed by atoms with Crippen LogP contribution in [0.2, 0.25) is 0 Å². The number of nitrogens with zero attached hydrogens (tertiary/aromatic N) is 2. The van der Waals surface area contributed by atoms with Gasteiger partial charge in [0.2, 0.25) is 5.91 Å². The number of para-hydroxylation sites is 1. The Morgan fingerprint density at radius 1 is 0.886 bits per heavy atom. The molecule has 0 aromatic heterocycles. The van der Waals surface area contributed by atoms with Crippen molar-refractivity contribution in [3.63, 3.8) is 0 Å². The Hall–Kier alpha value is -3.78. The van der Waals surface area contributed by atoms with Gasteiger partial charge in [0.1, 0.15) is 5.75 Å². The summed E-state index contributed by atoms with van der Waals surface area (Å²) >= 11 is 3.33. The van der Waals surface area contributed by atoms with Crippen molar-refractivity contribution in [1.29, 1.82) is 0 Å². The van der Waals surface area contributed by atoms with Crippen LogP contribution in [-0.4, -0.2) is 30.2 Å². The lowest BCUT2D eigenvalue weighted by molar-refractivity contribution is -0.139. The van der Waals surface area contributed by atoms with E-state index < -0.39 is 23.7 Å². The van der Waals surface area contributed by atoms with Crippen LogP contribution in [0.4, 0.5) is 11.4 Å². The first-order valence-corrected chi connectivity index (χ1v) is 11.9. The number of amides is 3. The first-order chi connectivity index (χ1) is 16.7.